The van der Waals surface area contributed by atoms with Crippen LogP contribution in [-0.4, -0.2) is 132 Å². The normalized spacial score (nSPS) is 19.7. The van der Waals surface area contributed by atoms with Gasteiger partial charge in [-0.15, -0.1) is 0 Å². The molecule has 0 aliphatic carbocycles. The Balaban J connectivity index is 1.01. The van der Waals surface area contributed by atoms with Crippen molar-refractivity contribution in [1.82, 2.24) is 19.6 Å². The van der Waals surface area contributed by atoms with Gasteiger partial charge in [-0.1, -0.05) is 43.7 Å². The first-order chi connectivity index (χ1) is 26.6. The molecule has 4 amide bonds. The number of unbranched alkanes of at least 4 members (excludes halogenated alkanes) is 1. The van der Waals surface area contributed by atoms with Crippen LogP contribution in [0.15, 0.2) is 36.4 Å². The molecule has 0 unspecified atom stereocenters. The molecular formula is C42H59N5O8. The maximum atomic E-state index is 14.2. The van der Waals surface area contributed by atoms with Crippen LogP contribution in [0.5, 0.6) is 5.75 Å². The summed E-state index contributed by atoms with van der Waals surface area (Å²) in [5.41, 5.74) is 4.19. The van der Waals surface area contributed by atoms with Crippen LogP contribution in [0.1, 0.15) is 80.5 Å². The highest BCUT2D eigenvalue weighted by molar-refractivity contribution is 5.91. The number of piperidine rings is 3. The van der Waals surface area contributed by atoms with Gasteiger partial charge in [0.1, 0.15) is 12.4 Å². The number of esters is 1. The first-order valence-corrected chi connectivity index (χ1v) is 20.3. The predicted molar refractivity (Wildman–Crippen MR) is 208 cm³/mol. The van der Waals surface area contributed by atoms with Gasteiger partial charge in [-0.25, -0.2) is 14.4 Å². The number of nitrogens with one attached hydrogen (secondary N) is 1. The van der Waals surface area contributed by atoms with E-state index in [1.165, 1.54) is 0 Å². The second kappa shape index (κ2) is 19.0. The summed E-state index contributed by atoms with van der Waals surface area (Å²) in [7, 11) is 0. The third-order valence-electron chi connectivity index (χ3n) is 11.8. The minimum atomic E-state index is -1.01. The summed E-state index contributed by atoms with van der Waals surface area (Å²) in [6.07, 6.45) is 5.89. The molecule has 2 aromatic rings. The number of hydrogen-bond acceptors (Lipinski definition) is 9. The van der Waals surface area contributed by atoms with E-state index in [1.807, 2.05) is 60.0 Å². The van der Waals surface area contributed by atoms with E-state index in [4.69, 9.17) is 14.2 Å². The molecule has 2 N–H and O–H groups in total. The molecular weight excluding hydrogens is 702 g/mol. The number of phenolic OH excluding ortho intramolecular Hbond substituents is 1. The first-order valence-electron chi connectivity index (χ1n) is 20.3. The fourth-order valence-electron chi connectivity index (χ4n) is 8.47. The molecule has 13 heteroatoms. The number of nitrogens with zero attached hydrogens (tertiary/aromatic N) is 4. The molecule has 0 radical (unpaired) electrons. The Morgan fingerprint density at radius 3 is 2.22 bits per heavy atom. The second-order valence-electron chi connectivity index (χ2n) is 15.6. The van der Waals surface area contributed by atoms with Crippen LogP contribution in [-0.2, 0) is 36.6 Å². The summed E-state index contributed by atoms with van der Waals surface area (Å²) in [5.74, 6) is -0.289. The minimum absolute atomic E-state index is 0.00234. The highest BCUT2D eigenvalue weighted by Gasteiger charge is 2.37. The number of ether oxygens (including phenoxy) is 3. The Bertz CT molecular complexity index is 1620. The van der Waals surface area contributed by atoms with Gasteiger partial charge in [-0.2, -0.15) is 0 Å². The van der Waals surface area contributed by atoms with Crippen molar-refractivity contribution in [2.45, 2.75) is 109 Å². The quantitative estimate of drug-likeness (QED) is 0.214. The number of hydrogen-bond donors (Lipinski definition) is 2. The zero-order chi connectivity index (χ0) is 38.9. The van der Waals surface area contributed by atoms with Crippen molar-refractivity contribution in [3.63, 3.8) is 0 Å². The number of amides is 4. The first kappa shape index (κ1) is 40.3. The Morgan fingerprint density at radius 1 is 0.873 bits per heavy atom. The molecule has 3 saturated heterocycles. The van der Waals surface area contributed by atoms with Gasteiger partial charge in [-0.3, -0.25) is 4.79 Å². The third kappa shape index (κ3) is 10.5. The summed E-state index contributed by atoms with van der Waals surface area (Å²) >= 11 is 0. The molecule has 4 aliphatic rings. The van der Waals surface area contributed by atoms with Crippen molar-refractivity contribution in [3.8, 4) is 5.75 Å². The van der Waals surface area contributed by atoms with Gasteiger partial charge >= 0.3 is 18.1 Å². The van der Waals surface area contributed by atoms with Gasteiger partial charge in [0.25, 0.3) is 5.91 Å². The Labute approximate surface area is 325 Å². The van der Waals surface area contributed by atoms with Crippen molar-refractivity contribution in [3.05, 3.63) is 58.7 Å². The maximum Gasteiger partial charge on any atom is 0.410 e. The smallest absolute Gasteiger partial charge is 0.410 e. The number of carbonyl (C=O) groups excluding carboxylic acids is 4. The number of carbonyl (C=O) groups is 4. The number of aromatic hydroxyl groups is 1. The van der Waals surface area contributed by atoms with Gasteiger partial charge in [-0.05, 0) is 93.5 Å². The fraction of sp³-hybridized carbons (Fsp3) is 0.619. The lowest BCUT2D eigenvalue weighted by Gasteiger charge is -2.42. The van der Waals surface area contributed by atoms with Crippen molar-refractivity contribution in [2.24, 2.45) is 0 Å². The molecule has 55 heavy (non-hydrogen) atoms. The Hall–Kier alpha value is -4.36. The number of rotatable bonds is 12. The van der Waals surface area contributed by atoms with Crippen LogP contribution in [0.4, 0.5) is 15.3 Å². The highest BCUT2D eigenvalue weighted by atomic mass is 16.6. The minimum Gasteiger partial charge on any atom is -0.507 e. The lowest BCUT2D eigenvalue weighted by molar-refractivity contribution is -0.152. The average molecular weight is 762 g/mol. The highest BCUT2D eigenvalue weighted by Crippen LogP contribution is 2.28. The lowest BCUT2D eigenvalue weighted by atomic mass is 9.97. The van der Waals surface area contributed by atoms with Gasteiger partial charge in [0.2, 0.25) is 0 Å². The Morgan fingerprint density at radius 2 is 1.53 bits per heavy atom. The molecule has 4 heterocycles. The number of para-hydroxylation sites is 1. The summed E-state index contributed by atoms with van der Waals surface area (Å²) in [5, 5.41) is 13.4. The number of likely N-dealkylation sites (tertiary alicyclic amines) is 3. The van der Waals surface area contributed by atoms with Gasteiger partial charge in [0.15, 0.2) is 6.10 Å². The number of urea groups is 1. The van der Waals surface area contributed by atoms with Crippen LogP contribution in [0, 0.1) is 13.8 Å². The predicted octanol–water partition coefficient (Wildman–Crippen LogP) is 5.43. The van der Waals surface area contributed by atoms with Crippen molar-refractivity contribution in [1.29, 1.82) is 0 Å². The Kier molecular flexibility index (Phi) is 13.9. The number of aryl methyl sites for hydroxylation is 2. The molecule has 300 valence electrons. The summed E-state index contributed by atoms with van der Waals surface area (Å²) in [6.45, 7) is 10.5. The number of fused-ring (bicyclic) bond motifs is 1. The van der Waals surface area contributed by atoms with Crippen molar-refractivity contribution < 1.29 is 38.5 Å². The van der Waals surface area contributed by atoms with Crippen molar-refractivity contribution in [2.75, 3.05) is 64.3 Å². The molecule has 4 aliphatic heterocycles. The number of benzene rings is 2. The standard InChI is InChI=1S/C42H59N5O8/c1-4-5-24-53-38(48)28-54-35-15-21-44(22-16-35)33-11-17-45(18-12-33)40(50)37(27-31-25-29(2)39(49)30(3)26-31)55-42(52)46-19-13-34(14-20-46)47-23-10-32-8-6-7-9-36(32)43-41(47)51/h6-9,25-26,33-35,37,49H,4-5,10-24,27-28H2,1-3H3,(H,43,51)/t37-/m1/s1. The third-order valence-corrected chi connectivity index (χ3v) is 11.8. The number of phenols is 1. The summed E-state index contributed by atoms with van der Waals surface area (Å²) in [6, 6.07) is 11.8. The van der Waals surface area contributed by atoms with E-state index in [2.05, 4.69) is 17.1 Å². The van der Waals surface area contributed by atoms with E-state index >= 15 is 0 Å². The monoisotopic (exact) mass is 761 g/mol. The molecule has 0 bridgehead atoms. The number of anilines is 1. The molecule has 3 fully saturated rings. The van der Waals surface area contributed by atoms with Gasteiger partial charge < -0.3 is 44.2 Å². The summed E-state index contributed by atoms with van der Waals surface area (Å²) < 4.78 is 17.2. The maximum absolute atomic E-state index is 14.2. The largest absolute Gasteiger partial charge is 0.507 e. The van der Waals surface area contributed by atoms with Gasteiger partial charge in [0.05, 0.1) is 12.7 Å². The second-order valence-corrected chi connectivity index (χ2v) is 15.6. The summed E-state index contributed by atoms with van der Waals surface area (Å²) in [4.78, 5) is 60.8. The molecule has 6 rings (SSSR count). The zero-order valence-corrected chi connectivity index (χ0v) is 32.8. The fourth-order valence-corrected chi connectivity index (χ4v) is 8.47. The van der Waals surface area contributed by atoms with Crippen LogP contribution in [0.3, 0.4) is 0 Å². The lowest BCUT2D eigenvalue weighted by Crippen LogP contribution is -2.53. The van der Waals surface area contributed by atoms with Crippen LogP contribution >= 0.6 is 0 Å². The van der Waals surface area contributed by atoms with E-state index in [0.29, 0.717) is 69.3 Å². The van der Waals surface area contributed by atoms with Crippen molar-refractivity contribution >= 4 is 29.7 Å². The average Bonchev–Trinajstić information content (AvgIpc) is 3.37. The molecule has 13 nitrogen and oxygen atoms in total. The van der Waals surface area contributed by atoms with Crippen LogP contribution in [0.25, 0.3) is 0 Å². The van der Waals surface area contributed by atoms with E-state index < -0.39 is 12.2 Å². The molecule has 0 saturated carbocycles. The van der Waals surface area contributed by atoms with E-state index in [1.54, 1.807) is 4.90 Å². The zero-order valence-electron chi connectivity index (χ0n) is 32.8. The molecule has 0 spiro atoms. The molecule has 1 atom stereocenters. The van der Waals surface area contributed by atoms with Crippen LogP contribution in [0.2, 0.25) is 0 Å². The topological polar surface area (TPSA) is 141 Å². The van der Waals surface area contributed by atoms with E-state index in [0.717, 1.165) is 74.8 Å². The van der Waals surface area contributed by atoms with Gasteiger partial charge in [0, 0.05) is 70.0 Å². The van der Waals surface area contributed by atoms with E-state index in [9.17, 15) is 24.3 Å². The van der Waals surface area contributed by atoms with Crippen LogP contribution < -0.4 is 5.32 Å². The molecule has 2 aromatic carbocycles. The van der Waals surface area contributed by atoms with E-state index in [-0.39, 0.29) is 48.8 Å². The molecule has 0 aromatic heterocycles. The SMILES string of the molecule is CCCCOC(=O)COC1CCN(C2CCN(C(=O)[C@@H](Cc3cc(C)c(O)c(C)c3)OC(=O)N3CCC(N4CCc5ccccc5NC4=O)CC3)CC2)CC1.